The number of nitrogens with two attached hydrogens (primary N) is 1. The van der Waals surface area contributed by atoms with Crippen molar-refractivity contribution in [3.05, 3.63) is 29.6 Å². The molecule has 0 aliphatic heterocycles. The van der Waals surface area contributed by atoms with Crippen molar-refractivity contribution in [1.82, 2.24) is 0 Å². The highest BCUT2D eigenvalue weighted by Gasteiger charge is 2.19. The molecule has 1 atom stereocenters. The van der Waals surface area contributed by atoms with Crippen LogP contribution in [-0.2, 0) is 15.6 Å². The highest BCUT2D eigenvalue weighted by Crippen LogP contribution is 2.17. The van der Waals surface area contributed by atoms with Crippen molar-refractivity contribution in [3.63, 3.8) is 0 Å². The number of nitrogen functional groups attached to an aromatic ring is 1. The number of sulfone groups is 1. The summed E-state index contributed by atoms with van der Waals surface area (Å²) in [4.78, 5) is 0. The average molecular weight is 245 g/mol. The van der Waals surface area contributed by atoms with E-state index in [4.69, 9.17) is 5.73 Å². The zero-order valence-electron chi connectivity index (χ0n) is 9.40. The van der Waals surface area contributed by atoms with Gasteiger partial charge in [0.05, 0.1) is 16.7 Å². The predicted molar refractivity (Wildman–Crippen MR) is 63.2 cm³/mol. The van der Waals surface area contributed by atoms with Crippen LogP contribution in [0.5, 0.6) is 0 Å². The maximum atomic E-state index is 13.1. The van der Waals surface area contributed by atoms with E-state index in [1.807, 2.05) is 6.92 Å². The Morgan fingerprint density at radius 2 is 2.06 bits per heavy atom. The van der Waals surface area contributed by atoms with Crippen molar-refractivity contribution >= 4 is 15.5 Å². The summed E-state index contributed by atoms with van der Waals surface area (Å²) in [5.74, 6) is -0.712. The first-order valence-corrected chi connectivity index (χ1v) is 6.84. The highest BCUT2D eigenvalue weighted by atomic mass is 32.2. The lowest BCUT2D eigenvalue weighted by atomic mass is 10.2. The third-order valence-corrected chi connectivity index (χ3v) is 4.92. The summed E-state index contributed by atoms with van der Waals surface area (Å²) in [6, 6.07) is 4.10. The normalized spacial score (nSPS) is 13.7. The lowest BCUT2D eigenvalue weighted by Gasteiger charge is -2.10. The van der Waals surface area contributed by atoms with Crippen LogP contribution in [0, 0.1) is 5.82 Å². The van der Waals surface area contributed by atoms with E-state index in [-0.39, 0.29) is 11.4 Å². The van der Waals surface area contributed by atoms with Crippen molar-refractivity contribution in [2.24, 2.45) is 0 Å². The monoisotopic (exact) mass is 245 g/mol. The molecule has 0 amide bonds. The SMILES string of the molecule is CCC(C)S(=O)(=O)Cc1ccc(N)c(F)c1. The van der Waals surface area contributed by atoms with Gasteiger partial charge in [-0.15, -0.1) is 0 Å². The Morgan fingerprint density at radius 1 is 1.44 bits per heavy atom. The van der Waals surface area contributed by atoms with Gasteiger partial charge in [-0.05, 0) is 31.0 Å². The second-order valence-electron chi connectivity index (χ2n) is 3.88. The van der Waals surface area contributed by atoms with Crippen LogP contribution in [0.1, 0.15) is 25.8 Å². The van der Waals surface area contributed by atoms with Crippen LogP contribution in [0.4, 0.5) is 10.1 Å². The van der Waals surface area contributed by atoms with Gasteiger partial charge in [0.2, 0.25) is 0 Å². The van der Waals surface area contributed by atoms with Gasteiger partial charge in [0, 0.05) is 0 Å². The standard InChI is InChI=1S/C11H16FNO2S/c1-3-8(2)16(14,15)7-9-4-5-11(13)10(12)6-9/h4-6,8H,3,7,13H2,1-2H3. The Balaban J connectivity index is 2.93. The van der Waals surface area contributed by atoms with Gasteiger partial charge in [0.15, 0.2) is 9.84 Å². The number of benzene rings is 1. The fraction of sp³-hybridized carbons (Fsp3) is 0.455. The predicted octanol–water partition coefficient (Wildman–Crippen LogP) is 2.12. The van der Waals surface area contributed by atoms with Crippen LogP contribution in [0.2, 0.25) is 0 Å². The van der Waals surface area contributed by atoms with Gasteiger partial charge in [0.1, 0.15) is 5.82 Å². The van der Waals surface area contributed by atoms with Crippen molar-refractivity contribution < 1.29 is 12.8 Å². The molecule has 2 N–H and O–H groups in total. The van der Waals surface area contributed by atoms with Crippen LogP contribution in [-0.4, -0.2) is 13.7 Å². The molecule has 3 nitrogen and oxygen atoms in total. The van der Waals surface area contributed by atoms with Crippen LogP contribution < -0.4 is 5.73 Å². The lowest BCUT2D eigenvalue weighted by Crippen LogP contribution is -2.18. The largest absolute Gasteiger partial charge is 0.396 e. The highest BCUT2D eigenvalue weighted by molar-refractivity contribution is 7.91. The smallest absolute Gasteiger partial charge is 0.157 e. The molecule has 1 aromatic carbocycles. The molecule has 0 aromatic heterocycles. The molecule has 0 aliphatic carbocycles. The van der Waals surface area contributed by atoms with Gasteiger partial charge in [-0.2, -0.15) is 0 Å². The number of hydrogen-bond donors (Lipinski definition) is 1. The summed E-state index contributed by atoms with van der Waals surface area (Å²) < 4.78 is 36.7. The van der Waals surface area contributed by atoms with E-state index >= 15 is 0 Å². The molecule has 0 aliphatic rings. The molecule has 1 rings (SSSR count). The number of hydrogen-bond acceptors (Lipinski definition) is 3. The maximum Gasteiger partial charge on any atom is 0.157 e. The summed E-state index contributed by atoms with van der Waals surface area (Å²) in [5, 5.41) is -0.409. The Hall–Kier alpha value is -1.10. The van der Waals surface area contributed by atoms with E-state index in [0.29, 0.717) is 12.0 Å². The van der Waals surface area contributed by atoms with E-state index in [0.717, 1.165) is 0 Å². The number of anilines is 1. The Labute approximate surface area is 95.4 Å². The zero-order valence-corrected chi connectivity index (χ0v) is 10.2. The minimum absolute atomic E-state index is 0.0321. The number of rotatable bonds is 4. The minimum Gasteiger partial charge on any atom is -0.396 e. The summed E-state index contributed by atoms with van der Waals surface area (Å²) >= 11 is 0. The van der Waals surface area contributed by atoms with Crippen LogP contribution in [0.15, 0.2) is 18.2 Å². The van der Waals surface area contributed by atoms with Crippen LogP contribution in [0.25, 0.3) is 0 Å². The summed E-state index contributed by atoms with van der Waals surface area (Å²) in [6.45, 7) is 3.47. The molecular formula is C11H16FNO2S. The first kappa shape index (κ1) is 13.0. The third kappa shape index (κ3) is 2.95. The summed E-state index contributed by atoms with van der Waals surface area (Å²) in [6.07, 6.45) is 0.555. The van der Waals surface area contributed by atoms with Crippen LogP contribution in [0.3, 0.4) is 0 Å². The Bertz CT molecular complexity index is 471. The molecule has 0 heterocycles. The fourth-order valence-corrected chi connectivity index (χ4v) is 2.73. The van der Waals surface area contributed by atoms with E-state index in [1.165, 1.54) is 12.1 Å². The maximum absolute atomic E-state index is 13.1. The molecule has 0 bridgehead atoms. The molecule has 5 heteroatoms. The fourth-order valence-electron chi connectivity index (χ4n) is 1.29. The zero-order chi connectivity index (χ0) is 12.3. The molecule has 0 saturated carbocycles. The van der Waals surface area contributed by atoms with Gasteiger partial charge in [-0.25, -0.2) is 12.8 Å². The van der Waals surface area contributed by atoms with E-state index in [1.54, 1.807) is 13.0 Å². The Morgan fingerprint density at radius 3 is 2.56 bits per heavy atom. The topological polar surface area (TPSA) is 60.2 Å². The molecule has 1 aromatic rings. The molecule has 0 radical (unpaired) electrons. The molecule has 16 heavy (non-hydrogen) atoms. The van der Waals surface area contributed by atoms with Crippen molar-refractivity contribution in [2.45, 2.75) is 31.3 Å². The van der Waals surface area contributed by atoms with E-state index in [2.05, 4.69) is 0 Å². The summed E-state index contributed by atoms with van der Waals surface area (Å²) in [5.41, 5.74) is 5.78. The molecule has 0 saturated heterocycles. The van der Waals surface area contributed by atoms with E-state index in [9.17, 15) is 12.8 Å². The van der Waals surface area contributed by atoms with Gasteiger partial charge in [-0.3, -0.25) is 0 Å². The van der Waals surface area contributed by atoms with Crippen molar-refractivity contribution in [2.75, 3.05) is 5.73 Å². The van der Waals surface area contributed by atoms with Crippen molar-refractivity contribution in [1.29, 1.82) is 0 Å². The number of halogens is 1. The van der Waals surface area contributed by atoms with Gasteiger partial charge in [-0.1, -0.05) is 13.0 Å². The molecule has 0 spiro atoms. The summed E-state index contributed by atoms with van der Waals surface area (Å²) in [7, 11) is -3.20. The minimum atomic E-state index is -3.20. The molecule has 0 fully saturated rings. The first-order valence-electron chi connectivity index (χ1n) is 5.12. The second-order valence-corrected chi connectivity index (χ2v) is 6.30. The Kier molecular flexibility index (Phi) is 3.91. The quantitative estimate of drug-likeness (QED) is 0.826. The second kappa shape index (κ2) is 4.82. The van der Waals surface area contributed by atoms with Gasteiger partial charge < -0.3 is 5.73 Å². The van der Waals surface area contributed by atoms with Crippen LogP contribution >= 0.6 is 0 Å². The van der Waals surface area contributed by atoms with Gasteiger partial charge in [0.25, 0.3) is 0 Å². The third-order valence-electron chi connectivity index (χ3n) is 2.62. The molecule has 1 unspecified atom stereocenters. The van der Waals surface area contributed by atoms with Crippen molar-refractivity contribution in [3.8, 4) is 0 Å². The average Bonchev–Trinajstić information content (AvgIpc) is 2.22. The molecular weight excluding hydrogens is 229 g/mol. The lowest BCUT2D eigenvalue weighted by molar-refractivity contribution is 0.579. The molecule has 90 valence electrons. The van der Waals surface area contributed by atoms with Gasteiger partial charge >= 0.3 is 0 Å². The first-order chi connectivity index (χ1) is 7.36. The van der Waals surface area contributed by atoms with E-state index < -0.39 is 20.9 Å².